The smallest absolute Gasteiger partial charge is 0.247 e. The van der Waals surface area contributed by atoms with E-state index in [9.17, 15) is 18.0 Å². The molecule has 0 aliphatic carbocycles. The van der Waals surface area contributed by atoms with Gasteiger partial charge in [-0.15, -0.1) is 0 Å². The van der Waals surface area contributed by atoms with E-state index in [0.717, 1.165) is 4.90 Å². The van der Waals surface area contributed by atoms with Gasteiger partial charge in [0.15, 0.2) is 0 Å². The highest BCUT2D eigenvalue weighted by atomic mass is 32.2. The number of nitrogens with zero attached hydrogens (tertiary/aromatic N) is 1. The number of carbonyl (C=O) groups is 2. The van der Waals surface area contributed by atoms with E-state index in [-0.39, 0.29) is 11.3 Å². The second-order valence-electron chi connectivity index (χ2n) is 5.15. The average Bonchev–Trinajstić information content (AvgIpc) is 2.54. The van der Waals surface area contributed by atoms with Gasteiger partial charge < -0.3 is 5.73 Å². The van der Waals surface area contributed by atoms with Crippen LogP contribution in [0.5, 0.6) is 0 Å². The molecule has 0 bridgehead atoms. The first-order chi connectivity index (χ1) is 9.63. The maximum Gasteiger partial charge on any atom is 0.247 e. The van der Waals surface area contributed by atoms with Crippen molar-refractivity contribution in [3.05, 3.63) is 23.3 Å². The number of aryl methyl sites for hydroxylation is 2. The summed E-state index contributed by atoms with van der Waals surface area (Å²) in [7, 11) is -2.57. The number of rotatable bonds is 3. The standard InChI is InChI=1S/C13H17N3O4S/c1-7-4-9(14)5-8(2)12(7)21(19,20)15-10-6-11(17)16(3)13(10)18/h4-5,10,15H,6,14H2,1-3H3. The van der Waals surface area contributed by atoms with Crippen LogP contribution in [-0.2, 0) is 19.6 Å². The van der Waals surface area contributed by atoms with Crippen molar-refractivity contribution in [3.8, 4) is 0 Å². The zero-order valence-electron chi connectivity index (χ0n) is 12.0. The van der Waals surface area contributed by atoms with Gasteiger partial charge in [0.25, 0.3) is 0 Å². The van der Waals surface area contributed by atoms with Gasteiger partial charge in [0.05, 0.1) is 11.3 Å². The van der Waals surface area contributed by atoms with Crippen LogP contribution < -0.4 is 10.5 Å². The van der Waals surface area contributed by atoms with Crippen LogP contribution in [0.15, 0.2) is 17.0 Å². The number of imide groups is 1. The van der Waals surface area contributed by atoms with Gasteiger partial charge in [0, 0.05) is 12.7 Å². The number of hydrogen-bond acceptors (Lipinski definition) is 5. The van der Waals surface area contributed by atoms with E-state index < -0.39 is 27.9 Å². The molecule has 7 nitrogen and oxygen atoms in total. The number of nitrogens with two attached hydrogens (primary N) is 1. The Bertz CT molecular complexity index is 704. The molecule has 1 aromatic rings. The van der Waals surface area contributed by atoms with E-state index >= 15 is 0 Å². The number of likely N-dealkylation sites (N-methyl/N-ethyl adjacent to an activating group) is 1. The van der Waals surface area contributed by atoms with Crippen molar-refractivity contribution in [1.82, 2.24) is 9.62 Å². The predicted octanol–water partition coefficient (Wildman–Crippen LogP) is -0.0788. The van der Waals surface area contributed by atoms with E-state index in [1.165, 1.54) is 7.05 Å². The molecular formula is C13H17N3O4S. The number of amides is 2. The molecule has 1 heterocycles. The summed E-state index contributed by atoms with van der Waals surface area (Å²) < 4.78 is 27.2. The number of hydrogen-bond donors (Lipinski definition) is 2. The van der Waals surface area contributed by atoms with Gasteiger partial charge in [-0.05, 0) is 37.1 Å². The fraction of sp³-hybridized carbons (Fsp3) is 0.385. The summed E-state index contributed by atoms with van der Waals surface area (Å²) in [6.45, 7) is 3.26. The largest absolute Gasteiger partial charge is 0.399 e. The maximum atomic E-state index is 12.5. The topological polar surface area (TPSA) is 110 Å². The van der Waals surface area contributed by atoms with Crippen molar-refractivity contribution in [2.75, 3.05) is 12.8 Å². The molecule has 1 aliphatic heterocycles. The van der Waals surface area contributed by atoms with Crippen LogP contribution in [0.3, 0.4) is 0 Å². The van der Waals surface area contributed by atoms with E-state index in [0.29, 0.717) is 16.8 Å². The Kier molecular flexibility index (Phi) is 3.77. The molecule has 1 unspecified atom stereocenters. The van der Waals surface area contributed by atoms with Gasteiger partial charge in [-0.3, -0.25) is 14.5 Å². The van der Waals surface area contributed by atoms with Crippen LogP contribution >= 0.6 is 0 Å². The second-order valence-corrected chi connectivity index (χ2v) is 6.80. The third kappa shape index (κ3) is 2.77. The quantitative estimate of drug-likeness (QED) is 0.599. The Morgan fingerprint density at radius 1 is 1.24 bits per heavy atom. The molecule has 0 spiro atoms. The molecule has 0 aromatic heterocycles. The van der Waals surface area contributed by atoms with Gasteiger partial charge in [-0.1, -0.05) is 0 Å². The predicted molar refractivity (Wildman–Crippen MR) is 76.8 cm³/mol. The zero-order chi connectivity index (χ0) is 15.9. The first-order valence-electron chi connectivity index (χ1n) is 6.33. The van der Waals surface area contributed by atoms with Crippen LogP contribution in [0.1, 0.15) is 17.5 Å². The average molecular weight is 311 g/mol. The zero-order valence-corrected chi connectivity index (χ0v) is 12.8. The minimum absolute atomic E-state index is 0.0894. The first kappa shape index (κ1) is 15.5. The van der Waals surface area contributed by atoms with Crippen molar-refractivity contribution in [2.45, 2.75) is 31.2 Å². The van der Waals surface area contributed by atoms with Crippen molar-refractivity contribution in [2.24, 2.45) is 0 Å². The summed E-state index contributed by atoms with van der Waals surface area (Å²) >= 11 is 0. The summed E-state index contributed by atoms with van der Waals surface area (Å²) in [4.78, 5) is 24.3. The lowest BCUT2D eigenvalue weighted by Crippen LogP contribution is -2.41. The molecule has 2 amide bonds. The van der Waals surface area contributed by atoms with E-state index in [4.69, 9.17) is 5.73 Å². The molecule has 1 saturated heterocycles. The molecule has 1 fully saturated rings. The SMILES string of the molecule is Cc1cc(N)cc(C)c1S(=O)(=O)NC1CC(=O)N(C)C1=O. The Hall–Kier alpha value is -1.93. The molecule has 1 aliphatic rings. The van der Waals surface area contributed by atoms with Crippen molar-refractivity contribution in [1.29, 1.82) is 0 Å². The lowest BCUT2D eigenvalue weighted by atomic mass is 10.1. The van der Waals surface area contributed by atoms with Gasteiger partial charge in [0.2, 0.25) is 21.8 Å². The molecule has 2 rings (SSSR count). The van der Waals surface area contributed by atoms with Crippen LogP contribution in [0.4, 0.5) is 5.69 Å². The third-order valence-electron chi connectivity index (χ3n) is 3.43. The minimum atomic E-state index is -3.91. The van der Waals surface area contributed by atoms with Gasteiger partial charge in [-0.25, -0.2) is 8.42 Å². The lowest BCUT2D eigenvalue weighted by molar-refractivity contribution is -0.137. The fourth-order valence-electron chi connectivity index (χ4n) is 2.50. The summed E-state index contributed by atoms with van der Waals surface area (Å²) in [5.74, 6) is -0.951. The summed E-state index contributed by atoms with van der Waals surface area (Å²) in [5.41, 5.74) is 7.12. The van der Waals surface area contributed by atoms with Crippen LogP contribution in [-0.4, -0.2) is 38.2 Å². The number of nitrogen functional groups attached to an aromatic ring is 1. The maximum absolute atomic E-state index is 12.5. The molecule has 1 aromatic carbocycles. The van der Waals surface area contributed by atoms with Crippen LogP contribution in [0.2, 0.25) is 0 Å². The fourth-order valence-corrected chi connectivity index (χ4v) is 4.14. The molecule has 114 valence electrons. The molecule has 1 atom stereocenters. The molecule has 21 heavy (non-hydrogen) atoms. The first-order valence-corrected chi connectivity index (χ1v) is 7.81. The van der Waals surface area contributed by atoms with E-state index in [2.05, 4.69) is 4.72 Å². The number of carbonyl (C=O) groups excluding carboxylic acids is 2. The Labute approximate surface area is 123 Å². The van der Waals surface area contributed by atoms with E-state index in [1.807, 2.05) is 0 Å². The molecule has 0 saturated carbocycles. The van der Waals surface area contributed by atoms with Gasteiger partial charge >= 0.3 is 0 Å². The van der Waals surface area contributed by atoms with Crippen molar-refractivity contribution < 1.29 is 18.0 Å². The van der Waals surface area contributed by atoms with Crippen LogP contribution in [0, 0.1) is 13.8 Å². The van der Waals surface area contributed by atoms with Gasteiger partial charge in [-0.2, -0.15) is 4.72 Å². The number of sulfonamides is 1. The summed E-state index contributed by atoms with van der Waals surface area (Å²) in [6.07, 6.45) is -0.165. The molecular weight excluding hydrogens is 294 g/mol. The summed E-state index contributed by atoms with van der Waals surface area (Å²) in [6, 6.07) is 2.05. The Morgan fingerprint density at radius 2 is 1.76 bits per heavy atom. The normalized spacial score (nSPS) is 19.4. The monoisotopic (exact) mass is 311 g/mol. The number of benzene rings is 1. The van der Waals surface area contributed by atoms with Crippen LogP contribution in [0.25, 0.3) is 0 Å². The third-order valence-corrected chi connectivity index (χ3v) is 5.21. The second kappa shape index (κ2) is 5.12. The minimum Gasteiger partial charge on any atom is -0.399 e. The Balaban J connectivity index is 2.37. The molecule has 0 radical (unpaired) electrons. The number of anilines is 1. The Morgan fingerprint density at radius 3 is 2.19 bits per heavy atom. The molecule has 8 heteroatoms. The molecule has 3 N–H and O–H groups in total. The van der Waals surface area contributed by atoms with Crippen molar-refractivity contribution in [3.63, 3.8) is 0 Å². The lowest BCUT2D eigenvalue weighted by Gasteiger charge is -2.15. The summed E-state index contributed by atoms with van der Waals surface area (Å²) in [5, 5.41) is 0. The highest BCUT2D eigenvalue weighted by molar-refractivity contribution is 7.89. The van der Waals surface area contributed by atoms with Gasteiger partial charge in [0.1, 0.15) is 6.04 Å². The number of nitrogens with one attached hydrogen (secondary N) is 1. The highest BCUT2D eigenvalue weighted by Crippen LogP contribution is 2.24. The number of likely N-dealkylation sites (tertiary alicyclic amines) is 1. The highest BCUT2D eigenvalue weighted by Gasteiger charge is 2.39. The van der Waals surface area contributed by atoms with E-state index in [1.54, 1.807) is 26.0 Å². The van der Waals surface area contributed by atoms with Crippen molar-refractivity contribution >= 4 is 27.5 Å².